The zero-order chi connectivity index (χ0) is 25.0. The highest BCUT2D eigenvalue weighted by Crippen LogP contribution is 2.30. The third-order valence-electron chi connectivity index (χ3n) is 7.43. The molecular formula is C30H40N2O4. The van der Waals surface area contributed by atoms with E-state index >= 15 is 0 Å². The van der Waals surface area contributed by atoms with E-state index < -0.39 is 0 Å². The molecule has 3 aliphatic heterocycles. The molecule has 1 amide bonds. The van der Waals surface area contributed by atoms with Gasteiger partial charge >= 0.3 is 6.09 Å². The number of nitrogens with zero attached hydrogens (tertiary/aromatic N) is 1. The molecule has 0 radical (unpaired) electrons. The molecule has 3 saturated heterocycles. The largest absolute Gasteiger partial charge is 0.494 e. The smallest absolute Gasteiger partial charge is 0.408 e. The van der Waals surface area contributed by atoms with Crippen LogP contribution in [0.15, 0.2) is 54.6 Å². The van der Waals surface area contributed by atoms with E-state index in [2.05, 4.69) is 10.2 Å². The van der Waals surface area contributed by atoms with Crippen LogP contribution in [0.4, 0.5) is 4.79 Å². The third-order valence-corrected chi connectivity index (χ3v) is 7.43. The van der Waals surface area contributed by atoms with E-state index in [9.17, 15) is 9.59 Å². The number of amides is 1. The molecule has 0 aliphatic carbocycles. The van der Waals surface area contributed by atoms with E-state index in [1.54, 1.807) is 0 Å². The summed E-state index contributed by atoms with van der Waals surface area (Å²) in [4.78, 5) is 25.7. The van der Waals surface area contributed by atoms with Crippen molar-refractivity contribution >= 4 is 12.4 Å². The van der Waals surface area contributed by atoms with Gasteiger partial charge in [0.05, 0.1) is 12.6 Å². The molecule has 6 heteroatoms. The Morgan fingerprint density at radius 2 is 1.67 bits per heavy atom. The highest BCUT2D eigenvalue weighted by atomic mass is 16.6. The lowest BCUT2D eigenvalue weighted by atomic mass is 9.86. The van der Waals surface area contributed by atoms with Crippen LogP contribution in [-0.4, -0.2) is 49.6 Å². The van der Waals surface area contributed by atoms with Gasteiger partial charge in [-0.05, 0) is 68.0 Å². The highest BCUT2D eigenvalue weighted by molar-refractivity contribution is 5.69. The lowest BCUT2D eigenvalue weighted by Crippen LogP contribution is -2.52. The van der Waals surface area contributed by atoms with Crippen molar-refractivity contribution in [1.29, 1.82) is 0 Å². The second-order valence-corrected chi connectivity index (χ2v) is 10.1. The van der Waals surface area contributed by atoms with E-state index in [0.29, 0.717) is 18.9 Å². The molecule has 36 heavy (non-hydrogen) atoms. The van der Waals surface area contributed by atoms with Crippen LogP contribution in [0.1, 0.15) is 75.0 Å². The van der Waals surface area contributed by atoms with Crippen LogP contribution in [0.25, 0.3) is 0 Å². The standard InChI is InChI=1S/C30H40N2O4/c33-20-9-4-2-1-3-5-10-21-35-27-15-11-14-26(22-27)29(25-12-7-6-8-13-25)31-30(34)36-28-23-32-18-16-24(28)17-19-32/h6-8,11-15,20,22,24,28-29H,1-5,9-10,16-19,21,23H2,(H,31,34)/t28-,29?/m0/s1. The summed E-state index contributed by atoms with van der Waals surface area (Å²) in [6.45, 7) is 3.75. The molecule has 3 heterocycles. The van der Waals surface area contributed by atoms with Gasteiger partial charge < -0.3 is 19.6 Å². The Kier molecular flexibility index (Phi) is 10.2. The number of hydrogen-bond donors (Lipinski definition) is 1. The fourth-order valence-corrected chi connectivity index (χ4v) is 5.35. The van der Waals surface area contributed by atoms with E-state index in [1.165, 1.54) is 12.8 Å². The van der Waals surface area contributed by atoms with Gasteiger partial charge in [0.2, 0.25) is 0 Å². The molecule has 3 fully saturated rings. The van der Waals surface area contributed by atoms with Crippen molar-refractivity contribution < 1.29 is 19.1 Å². The minimum absolute atomic E-state index is 0.0244. The van der Waals surface area contributed by atoms with E-state index in [4.69, 9.17) is 9.47 Å². The Morgan fingerprint density at radius 3 is 2.39 bits per heavy atom. The van der Waals surface area contributed by atoms with Crippen molar-refractivity contribution in [1.82, 2.24) is 10.2 Å². The number of hydrogen-bond acceptors (Lipinski definition) is 5. The Labute approximate surface area is 215 Å². The summed E-state index contributed by atoms with van der Waals surface area (Å²) in [7, 11) is 0. The second-order valence-electron chi connectivity index (χ2n) is 10.1. The summed E-state index contributed by atoms with van der Waals surface area (Å²) >= 11 is 0. The number of carbonyl (C=O) groups is 2. The summed E-state index contributed by atoms with van der Waals surface area (Å²) < 4.78 is 12.0. The Bertz CT molecular complexity index is 943. The van der Waals surface area contributed by atoms with Crippen molar-refractivity contribution in [3.05, 3.63) is 65.7 Å². The summed E-state index contributed by atoms with van der Waals surface area (Å²) in [5.74, 6) is 1.29. The zero-order valence-corrected chi connectivity index (χ0v) is 21.3. The first-order valence-electron chi connectivity index (χ1n) is 13.6. The second kappa shape index (κ2) is 14.0. The fourth-order valence-electron chi connectivity index (χ4n) is 5.35. The molecule has 1 unspecified atom stereocenters. The highest BCUT2D eigenvalue weighted by Gasteiger charge is 2.36. The van der Waals surface area contributed by atoms with E-state index in [-0.39, 0.29) is 18.2 Å². The first-order chi connectivity index (χ1) is 17.7. The van der Waals surface area contributed by atoms with Crippen molar-refractivity contribution in [3.63, 3.8) is 0 Å². The van der Waals surface area contributed by atoms with Crippen LogP contribution in [0, 0.1) is 5.92 Å². The number of piperidine rings is 3. The van der Waals surface area contributed by atoms with Crippen LogP contribution in [-0.2, 0) is 9.53 Å². The van der Waals surface area contributed by atoms with E-state index in [1.807, 2.05) is 54.6 Å². The number of fused-ring (bicyclic) bond motifs is 3. The number of ether oxygens (including phenoxy) is 2. The minimum Gasteiger partial charge on any atom is -0.494 e. The SMILES string of the molecule is O=CCCCCCCCCOc1cccc(C(NC(=O)O[C@H]2CN3CCC2CC3)c2ccccc2)c1. The zero-order valence-electron chi connectivity index (χ0n) is 21.3. The molecule has 2 atom stereocenters. The van der Waals surface area contributed by atoms with Crippen molar-refractivity contribution in [2.24, 2.45) is 5.92 Å². The lowest BCUT2D eigenvalue weighted by Gasteiger charge is -2.43. The molecule has 1 N–H and O–H groups in total. The van der Waals surface area contributed by atoms with Crippen LogP contribution in [0.2, 0.25) is 0 Å². The Balaban J connectivity index is 1.31. The van der Waals surface area contributed by atoms with Crippen molar-refractivity contribution in [2.45, 2.75) is 69.9 Å². The maximum Gasteiger partial charge on any atom is 0.408 e. The van der Waals surface area contributed by atoms with Crippen molar-refractivity contribution in [3.8, 4) is 5.75 Å². The monoisotopic (exact) mass is 492 g/mol. The number of alkyl carbamates (subject to hydrolysis) is 1. The summed E-state index contributed by atoms with van der Waals surface area (Å²) in [6, 6.07) is 17.7. The van der Waals surface area contributed by atoms with Gasteiger partial charge in [0.1, 0.15) is 18.1 Å². The molecule has 0 aromatic heterocycles. The molecule has 3 aliphatic rings. The van der Waals surface area contributed by atoms with Gasteiger partial charge in [-0.25, -0.2) is 4.79 Å². The first-order valence-corrected chi connectivity index (χ1v) is 13.6. The van der Waals surface area contributed by atoms with Gasteiger partial charge in [-0.1, -0.05) is 68.1 Å². The predicted octanol–water partition coefficient (Wildman–Crippen LogP) is 5.90. The molecule has 6 nitrogen and oxygen atoms in total. The van der Waals surface area contributed by atoms with Gasteiger partial charge in [-0.15, -0.1) is 0 Å². The molecular weight excluding hydrogens is 452 g/mol. The van der Waals surface area contributed by atoms with Crippen LogP contribution in [0.3, 0.4) is 0 Å². The topological polar surface area (TPSA) is 67.9 Å². The fraction of sp³-hybridized carbons (Fsp3) is 0.533. The van der Waals surface area contributed by atoms with E-state index in [0.717, 1.165) is 81.3 Å². The first kappa shape index (κ1) is 26.2. The van der Waals surface area contributed by atoms with Gasteiger partial charge in [0.25, 0.3) is 0 Å². The maximum atomic E-state index is 13.0. The summed E-state index contributed by atoms with van der Waals surface area (Å²) in [5, 5.41) is 3.13. The van der Waals surface area contributed by atoms with Crippen LogP contribution < -0.4 is 10.1 Å². The van der Waals surface area contributed by atoms with Crippen molar-refractivity contribution in [2.75, 3.05) is 26.2 Å². The molecule has 194 valence electrons. The number of aldehydes is 1. The molecule has 0 saturated carbocycles. The van der Waals surface area contributed by atoms with Gasteiger partial charge in [-0.3, -0.25) is 4.90 Å². The quantitative estimate of drug-likeness (QED) is 0.262. The molecule has 2 bridgehead atoms. The lowest BCUT2D eigenvalue weighted by molar-refractivity contribution is -0.107. The molecule has 5 rings (SSSR count). The van der Waals surface area contributed by atoms with Gasteiger partial charge in [0.15, 0.2) is 0 Å². The third kappa shape index (κ3) is 7.82. The Morgan fingerprint density at radius 1 is 0.944 bits per heavy atom. The van der Waals surface area contributed by atoms with Crippen LogP contribution in [0.5, 0.6) is 5.75 Å². The Hall–Kier alpha value is -2.86. The summed E-state index contributed by atoms with van der Waals surface area (Å²) in [6.07, 6.45) is 10.1. The predicted molar refractivity (Wildman–Crippen MR) is 141 cm³/mol. The number of benzene rings is 2. The normalized spacial score (nSPS) is 21.5. The number of unbranched alkanes of at least 4 members (excludes halogenated alkanes) is 6. The van der Waals surface area contributed by atoms with Gasteiger partial charge in [-0.2, -0.15) is 0 Å². The van der Waals surface area contributed by atoms with Crippen LogP contribution >= 0.6 is 0 Å². The molecule has 0 spiro atoms. The number of rotatable bonds is 14. The molecule has 2 aromatic rings. The number of nitrogens with one attached hydrogen (secondary N) is 1. The number of carbonyl (C=O) groups excluding carboxylic acids is 2. The maximum absolute atomic E-state index is 13.0. The average Bonchev–Trinajstić information content (AvgIpc) is 2.92. The van der Waals surface area contributed by atoms with Gasteiger partial charge in [0, 0.05) is 13.0 Å². The molecule has 2 aromatic carbocycles. The summed E-state index contributed by atoms with van der Waals surface area (Å²) in [5.41, 5.74) is 1.98. The average molecular weight is 493 g/mol. The minimum atomic E-state index is -0.359.